The quantitative estimate of drug-likeness (QED) is 0.664. The average Bonchev–Trinajstić information content (AvgIpc) is 2.50. The Morgan fingerprint density at radius 2 is 2.00 bits per heavy atom. The highest BCUT2D eigenvalue weighted by molar-refractivity contribution is 6.32. The van der Waals surface area contributed by atoms with Crippen LogP contribution in [0.5, 0.6) is 5.75 Å². The zero-order valence-electron chi connectivity index (χ0n) is 12.6. The third kappa shape index (κ3) is 4.43. The maximum atomic E-state index is 11.9. The van der Waals surface area contributed by atoms with Crippen LogP contribution in [0, 0.1) is 24.0 Å². The van der Waals surface area contributed by atoms with Gasteiger partial charge in [-0.2, -0.15) is 0 Å². The topological polar surface area (TPSA) is 81.5 Å². The summed E-state index contributed by atoms with van der Waals surface area (Å²) < 4.78 is 5.48. The number of amides is 1. The molecule has 0 radical (unpaired) electrons. The number of nitrogens with one attached hydrogen (secondary N) is 1. The number of anilines is 1. The second-order valence-corrected chi connectivity index (χ2v) is 5.44. The number of nitrogens with zero attached hydrogens (tertiary/aromatic N) is 1. The fraction of sp³-hybridized carbons (Fsp3) is 0.188. The Hall–Kier alpha value is -2.60. The molecule has 6 nitrogen and oxygen atoms in total. The smallest absolute Gasteiger partial charge is 0.289 e. The van der Waals surface area contributed by atoms with Gasteiger partial charge < -0.3 is 10.1 Å². The standard InChI is InChI=1S/C16H15ClN2O4/c1-10-3-4-11(2)15(7-10)23-9-16(20)18-12-5-6-13(17)14(8-12)19(21)22/h3-8H,9H2,1-2H3,(H,18,20). The number of ether oxygens (including phenoxy) is 1. The number of hydrogen-bond donors (Lipinski definition) is 1. The van der Waals surface area contributed by atoms with Crippen molar-refractivity contribution in [3.8, 4) is 5.75 Å². The lowest BCUT2D eigenvalue weighted by Gasteiger charge is -2.10. The summed E-state index contributed by atoms with van der Waals surface area (Å²) in [6.07, 6.45) is 0. The van der Waals surface area contributed by atoms with E-state index in [0.29, 0.717) is 5.75 Å². The van der Waals surface area contributed by atoms with Crippen molar-refractivity contribution in [1.82, 2.24) is 0 Å². The number of benzene rings is 2. The molecule has 2 aromatic carbocycles. The molecule has 0 saturated heterocycles. The summed E-state index contributed by atoms with van der Waals surface area (Å²) in [6.45, 7) is 3.62. The first-order valence-electron chi connectivity index (χ1n) is 6.80. The van der Waals surface area contributed by atoms with Crippen LogP contribution in [0.3, 0.4) is 0 Å². The first-order valence-corrected chi connectivity index (χ1v) is 7.18. The van der Waals surface area contributed by atoms with E-state index in [1.54, 1.807) is 0 Å². The molecular formula is C16H15ClN2O4. The van der Waals surface area contributed by atoms with Crippen molar-refractivity contribution in [2.45, 2.75) is 13.8 Å². The van der Waals surface area contributed by atoms with Crippen molar-refractivity contribution in [3.63, 3.8) is 0 Å². The van der Waals surface area contributed by atoms with Gasteiger partial charge in [0.25, 0.3) is 11.6 Å². The molecule has 0 atom stereocenters. The highest BCUT2D eigenvalue weighted by Gasteiger charge is 2.14. The Morgan fingerprint density at radius 1 is 1.26 bits per heavy atom. The van der Waals surface area contributed by atoms with Crippen molar-refractivity contribution in [2.24, 2.45) is 0 Å². The zero-order valence-corrected chi connectivity index (χ0v) is 13.4. The molecule has 7 heteroatoms. The molecule has 120 valence electrons. The first kappa shape index (κ1) is 16.8. The Labute approximate surface area is 138 Å². The van der Waals surface area contributed by atoms with Gasteiger partial charge in [0.1, 0.15) is 10.8 Å². The minimum Gasteiger partial charge on any atom is -0.483 e. The molecule has 1 N–H and O–H groups in total. The lowest BCUT2D eigenvalue weighted by atomic mass is 10.1. The van der Waals surface area contributed by atoms with Gasteiger partial charge in [-0.25, -0.2) is 0 Å². The van der Waals surface area contributed by atoms with Gasteiger partial charge in [-0.1, -0.05) is 23.7 Å². The van der Waals surface area contributed by atoms with E-state index in [-0.39, 0.29) is 23.0 Å². The Bertz CT molecular complexity index is 762. The van der Waals surface area contributed by atoms with Gasteiger partial charge in [-0.15, -0.1) is 0 Å². The SMILES string of the molecule is Cc1ccc(C)c(OCC(=O)Nc2ccc(Cl)c([N+](=O)[O-])c2)c1. The van der Waals surface area contributed by atoms with Crippen LogP contribution in [0.15, 0.2) is 36.4 Å². The van der Waals surface area contributed by atoms with E-state index >= 15 is 0 Å². The molecule has 0 unspecified atom stereocenters. The minimum absolute atomic E-state index is 0.0136. The van der Waals surface area contributed by atoms with Crippen LogP contribution in [0.4, 0.5) is 11.4 Å². The van der Waals surface area contributed by atoms with Crippen molar-refractivity contribution in [1.29, 1.82) is 0 Å². The molecule has 23 heavy (non-hydrogen) atoms. The highest BCUT2D eigenvalue weighted by Crippen LogP contribution is 2.27. The van der Waals surface area contributed by atoms with Gasteiger partial charge in [0.2, 0.25) is 0 Å². The largest absolute Gasteiger partial charge is 0.483 e. The number of nitro groups is 1. The molecule has 0 aliphatic carbocycles. The zero-order chi connectivity index (χ0) is 17.0. The number of rotatable bonds is 5. The van der Waals surface area contributed by atoms with Crippen molar-refractivity contribution in [2.75, 3.05) is 11.9 Å². The van der Waals surface area contributed by atoms with E-state index in [9.17, 15) is 14.9 Å². The van der Waals surface area contributed by atoms with E-state index < -0.39 is 10.8 Å². The van der Waals surface area contributed by atoms with E-state index in [4.69, 9.17) is 16.3 Å². The number of nitro benzene ring substituents is 1. The molecule has 0 aliphatic rings. The van der Waals surface area contributed by atoms with Gasteiger partial charge >= 0.3 is 0 Å². The van der Waals surface area contributed by atoms with Gasteiger partial charge in [-0.05, 0) is 43.2 Å². The lowest BCUT2D eigenvalue weighted by molar-refractivity contribution is -0.384. The highest BCUT2D eigenvalue weighted by atomic mass is 35.5. The molecule has 1 amide bonds. The van der Waals surface area contributed by atoms with Crippen molar-refractivity contribution in [3.05, 3.63) is 62.7 Å². The fourth-order valence-corrected chi connectivity index (χ4v) is 2.12. The molecule has 2 rings (SSSR count). The van der Waals surface area contributed by atoms with Crippen LogP contribution >= 0.6 is 11.6 Å². The van der Waals surface area contributed by atoms with Crippen LogP contribution in [-0.2, 0) is 4.79 Å². The predicted molar refractivity (Wildman–Crippen MR) is 88.1 cm³/mol. The fourth-order valence-electron chi connectivity index (χ4n) is 1.93. The summed E-state index contributed by atoms with van der Waals surface area (Å²) in [6, 6.07) is 9.76. The summed E-state index contributed by atoms with van der Waals surface area (Å²) in [5.41, 5.74) is 1.97. The third-order valence-electron chi connectivity index (χ3n) is 3.13. The summed E-state index contributed by atoms with van der Waals surface area (Å²) in [7, 11) is 0. The number of aryl methyl sites for hydroxylation is 2. The second-order valence-electron chi connectivity index (χ2n) is 5.03. The molecule has 2 aromatic rings. The maximum absolute atomic E-state index is 11.9. The molecule has 0 saturated carbocycles. The summed E-state index contributed by atoms with van der Waals surface area (Å²) >= 11 is 5.72. The monoisotopic (exact) mass is 334 g/mol. The molecular weight excluding hydrogens is 320 g/mol. The van der Waals surface area contributed by atoms with Crippen LogP contribution < -0.4 is 10.1 Å². The number of carbonyl (C=O) groups excluding carboxylic acids is 1. The Kier molecular flexibility index (Phi) is 5.18. The molecule has 0 spiro atoms. The van der Waals surface area contributed by atoms with Crippen LogP contribution in [0.2, 0.25) is 5.02 Å². The van der Waals surface area contributed by atoms with Crippen LogP contribution in [-0.4, -0.2) is 17.4 Å². The normalized spacial score (nSPS) is 10.2. The first-order chi connectivity index (χ1) is 10.9. The molecule has 0 heterocycles. The van der Waals surface area contributed by atoms with E-state index in [1.165, 1.54) is 18.2 Å². The van der Waals surface area contributed by atoms with E-state index in [1.807, 2.05) is 32.0 Å². The third-order valence-corrected chi connectivity index (χ3v) is 3.45. The lowest BCUT2D eigenvalue weighted by Crippen LogP contribution is -2.20. The molecule has 0 fully saturated rings. The molecule has 0 aromatic heterocycles. The van der Waals surface area contributed by atoms with Gasteiger partial charge in [0, 0.05) is 11.8 Å². The Morgan fingerprint density at radius 3 is 2.70 bits per heavy atom. The summed E-state index contributed by atoms with van der Waals surface area (Å²) in [5, 5.41) is 13.4. The van der Waals surface area contributed by atoms with Crippen LogP contribution in [0.25, 0.3) is 0 Å². The number of hydrogen-bond acceptors (Lipinski definition) is 4. The average molecular weight is 335 g/mol. The Balaban J connectivity index is 2.01. The molecule has 0 aliphatic heterocycles. The number of carbonyl (C=O) groups is 1. The second kappa shape index (κ2) is 7.11. The van der Waals surface area contributed by atoms with Crippen molar-refractivity contribution >= 4 is 28.9 Å². The van der Waals surface area contributed by atoms with E-state index in [2.05, 4.69) is 5.32 Å². The predicted octanol–water partition coefficient (Wildman–Crippen LogP) is 3.88. The van der Waals surface area contributed by atoms with Gasteiger partial charge in [0.15, 0.2) is 6.61 Å². The maximum Gasteiger partial charge on any atom is 0.289 e. The number of halogens is 1. The van der Waals surface area contributed by atoms with Gasteiger partial charge in [-0.3, -0.25) is 14.9 Å². The minimum atomic E-state index is -0.607. The summed E-state index contributed by atoms with van der Waals surface area (Å²) in [5.74, 6) is 0.213. The summed E-state index contributed by atoms with van der Waals surface area (Å²) in [4.78, 5) is 22.1. The van der Waals surface area contributed by atoms with E-state index in [0.717, 1.165) is 11.1 Å². The van der Waals surface area contributed by atoms with Crippen molar-refractivity contribution < 1.29 is 14.5 Å². The molecule has 0 bridgehead atoms. The van der Waals surface area contributed by atoms with Crippen LogP contribution in [0.1, 0.15) is 11.1 Å². The van der Waals surface area contributed by atoms with Gasteiger partial charge in [0.05, 0.1) is 4.92 Å².